The molecule has 0 unspecified atom stereocenters. The highest BCUT2D eigenvalue weighted by Crippen LogP contribution is 2.34. The highest BCUT2D eigenvalue weighted by molar-refractivity contribution is 6.03. The second kappa shape index (κ2) is 7.21. The van der Waals surface area contributed by atoms with Crippen LogP contribution in [0, 0.1) is 6.92 Å². The fourth-order valence-electron chi connectivity index (χ4n) is 2.66. The topological polar surface area (TPSA) is 58.6 Å². The van der Waals surface area contributed by atoms with Gasteiger partial charge in [0.15, 0.2) is 6.61 Å². The van der Waals surface area contributed by atoms with Gasteiger partial charge < -0.3 is 15.0 Å². The van der Waals surface area contributed by atoms with E-state index in [1.54, 1.807) is 29.2 Å². The molecule has 0 aliphatic carbocycles. The van der Waals surface area contributed by atoms with Crippen molar-refractivity contribution in [2.75, 3.05) is 23.4 Å². The Morgan fingerprint density at radius 2 is 2.00 bits per heavy atom. The van der Waals surface area contributed by atoms with Crippen molar-refractivity contribution in [1.29, 1.82) is 0 Å². The van der Waals surface area contributed by atoms with Crippen LogP contribution < -0.4 is 15.0 Å². The minimum atomic E-state index is -0.230. The molecule has 0 spiro atoms. The number of amides is 2. The highest BCUT2D eigenvalue weighted by Gasteiger charge is 2.24. The number of hydrogen-bond donors (Lipinski definition) is 1. The summed E-state index contributed by atoms with van der Waals surface area (Å²) in [6, 6.07) is 13.2. The minimum absolute atomic E-state index is 0.0475. The molecule has 2 amide bonds. The lowest BCUT2D eigenvalue weighted by Crippen LogP contribution is -2.38. The van der Waals surface area contributed by atoms with E-state index in [4.69, 9.17) is 4.74 Å². The van der Waals surface area contributed by atoms with Crippen molar-refractivity contribution in [2.24, 2.45) is 0 Å². The van der Waals surface area contributed by atoms with Crippen molar-refractivity contribution in [3.05, 3.63) is 59.7 Å². The van der Waals surface area contributed by atoms with E-state index in [1.165, 1.54) is 11.6 Å². The van der Waals surface area contributed by atoms with E-state index in [0.717, 1.165) is 5.56 Å². The molecular weight excluding hydrogens is 316 g/mol. The van der Waals surface area contributed by atoms with Gasteiger partial charge in [0.2, 0.25) is 5.91 Å². The van der Waals surface area contributed by atoms with E-state index >= 15 is 0 Å². The van der Waals surface area contributed by atoms with Crippen LogP contribution >= 0.6 is 0 Å². The third kappa shape index (κ3) is 3.88. The fourth-order valence-corrected chi connectivity index (χ4v) is 2.66. The number of likely N-dealkylation sites (N-methyl/N-ethyl adjacent to an activating group) is 1. The molecule has 0 bridgehead atoms. The average molecular weight is 336 g/mol. The van der Waals surface area contributed by atoms with Gasteiger partial charge in [-0.15, -0.1) is 0 Å². The van der Waals surface area contributed by atoms with Gasteiger partial charge in [0.25, 0.3) is 5.91 Å². The van der Waals surface area contributed by atoms with Gasteiger partial charge in [0.1, 0.15) is 5.75 Å². The number of carbonyl (C=O) groups excluding carboxylic acids is 2. The van der Waals surface area contributed by atoms with E-state index in [-0.39, 0.29) is 18.4 Å². The quantitative estimate of drug-likeness (QED) is 0.871. The summed E-state index contributed by atoms with van der Waals surface area (Å²) in [5, 5.41) is 2.81. The molecule has 5 nitrogen and oxygen atoms in total. The van der Waals surface area contributed by atoms with E-state index in [1.807, 2.05) is 38.1 Å². The first-order valence-corrected chi connectivity index (χ1v) is 8.20. The van der Waals surface area contributed by atoms with E-state index in [0.29, 0.717) is 23.7 Å². The zero-order chi connectivity index (χ0) is 17.8. The molecule has 3 rings (SSSR count). The number of rotatable bonds is 4. The fraction of sp³-hybridized carbons (Fsp3) is 0.200. The number of aryl methyl sites for hydroxylation is 1. The molecular formula is C20H20N2O3. The third-order valence-corrected chi connectivity index (χ3v) is 3.99. The first-order valence-electron chi connectivity index (χ1n) is 8.20. The lowest BCUT2D eigenvalue weighted by atomic mass is 10.1. The lowest BCUT2D eigenvalue weighted by Gasteiger charge is -2.28. The second-order valence-corrected chi connectivity index (χ2v) is 5.84. The molecule has 1 aliphatic rings. The van der Waals surface area contributed by atoms with Gasteiger partial charge in [-0.05, 0) is 43.7 Å². The molecule has 2 aromatic carbocycles. The molecule has 0 atom stereocenters. The first-order chi connectivity index (χ1) is 12.1. The Morgan fingerprint density at radius 1 is 1.24 bits per heavy atom. The Balaban J connectivity index is 1.72. The Hall–Kier alpha value is -3.08. The summed E-state index contributed by atoms with van der Waals surface area (Å²) in [4.78, 5) is 25.7. The largest absolute Gasteiger partial charge is 0.482 e. The zero-order valence-electron chi connectivity index (χ0n) is 14.3. The highest BCUT2D eigenvalue weighted by atomic mass is 16.5. The molecule has 128 valence electrons. The molecule has 1 aliphatic heterocycles. The Labute approximate surface area is 146 Å². The molecule has 1 N–H and O–H groups in total. The number of anilines is 2. The summed E-state index contributed by atoms with van der Waals surface area (Å²) in [5.41, 5.74) is 3.43. The van der Waals surface area contributed by atoms with Crippen molar-refractivity contribution in [1.82, 2.24) is 0 Å². The number of carbonyl (C=O) groups is 2. The number of fused-ring (bicyclic) bond motifs is 1. The van der Waals surface area contributed by atoms with Crippen LogP contribution in [0.4, 0.5) is 11.4 Å². The van der Waals surface area contributed by atoms with Crippen molar-refractivity contribution in [3.8, 4) is 5.75 Å². The molecule has 1 heterocycles. The maximum Gasteiger partial charge on any atom is 0.265 e. The zero-order valence-corrected chi connectivity index (χ0v) is 14.3. The van der Waals surface area contributed by atoms with Crippen LogP contribution in [-0.4, -0.2) is 25.0 Å². The molecule has 25 heavy (non-hydrogen) atoms. The number of nitrogens with one attached hydrogen (secondary N) is 1. The predicted molar refractivity (Wildman–Crippen MR) is 98.8 cm³/mol. The minimum Gasteiger partial charge on any atom is -0.482 e. The van der Waals surface area contributed by atoms with Gasteiger partial charge in [-0.3, -0.25) is 9.59 Å². The van der Waals surface area contributed by atoms with Crippen LogP contribution in [0.3, 0.4) is 0 Å². The number of ether oxygens (including phenoxy) is 1. The molecule has 0 saturated carbocycles. The maximum atomic E-state index is 12.1. The van der Waals surface area contributed by atoms with Crippen LogP contribution in [0.25, 0.3) is 6.08 Å². The molecule has 0 fully saturated rings. The summed E-state index contributed by atoms with van der Waals surface area (Å²) in [6.07, 6.45) is 3.25. The number of nitrogens with zero attached hydrogens (tertiary/aromatic N) is 1. The van der Waals surface area contributed by atoms with Gasteiger partial charge >= 0.3 is 0 Å². The maximum absolute atomic E-state index is 12.1. The summed E-state index contributed by atoms with van der Waals surface area (Å²) in [6.45, 7) is 4.53. The van der Waals surface area contributed by atoms with E-state index in [2.05, 4.69) is 5.32 Å². The molecule has 0 radical (unpaired) electrons. The van der Waals surface area contributed by atoms with Crippen LogP contribution in [0.2, 0.25) is 0 Å². The monoisotopic (exact) mass is 336 g/mol. The van der Waals surface area contributed by atoms with Crippen LogP contribution in [0.5, 0.6) is 5.75 Å². The molecule has 5 heteroatoms. The van der Waals surface area contributed by atoms with E-state index in [9.17, 15) is 9.59 Å². The SMILES string of the molecule is CCN1C(=O)COc2ccc(NC(=O)/C=C/c3ccc(C)cc3)cc21. The van der Waals surface area contributed by atoms with Crippen molar-refractivity contribution in [3.63, 3.8) is 0 Å². The van der Waals surface area contributed by atoms with Gasteiger partial charge in [-0.25, -0.2) is 0 Å². The predicted octanol–water partition coefficient (Wildman–Crippen LogP) is 3.39. The Bertz CT molecular complexity index is 825. The summed E-state index contributed by atoms with van der Waals surface area (Å²) < 4.78 is 5.42. The molecule has 0 saturated heterocycles. The van der Waals surface area contributed by atoms with Gasteiger partial charge in [-0.1, -0.05) is 29.8 Å². The number of hydrogen-bond acceptors (Lipinski definition) is 3. The van der Waals surface area contributed by atoms with Gasteiger partial charge in [0.05, 0.1) is 5.69 Å². The van der Waals surface area contributed by atoms with Crippen LogP contribution in [-0.2, 0) is 9.59 Å². The Kier molecular flexibility index (Phi) is 4.84. The van der Waals surface area contributed by atoms with E-state index < -0.39 is 0 Å². The normalized spacial score (nSPS) is 13.5. The van der Waals surface area contributed by atoms with Gasteiger partial charge in [0, 0.05) is 18.3 Å². The van der Waals surface area contributed by atoms with Crippen LogP contribution in [0.1, 0.15) is 18.1 Å². The van der Waals surface area contributed by atoms with Crippen LogP contribution in [0.15, 0.2) is 48.5 Å². The summed E-state index contributed by atoms with van der Waals surface area (Å²) in [5.74, 6) is 0.332. The lowest BCUT2D eigenvalue weighted by molar-refractivity contribution is -0.121. The molecule has 2 aromatic rings. The summed E-state index contributed by atoms with van der Waals surface area (Å²) >= 11 is 0. The van der Waals surface area contributed by atoms with Crippen molar-refractivity contribution < 1.29 is 14.3 Å². The summed E-state index contributed by atoms with van der Waals surface area (Å²) in [7, 11) is 0. The smallest absolute Gasteiger partial charge is 0.265 e. The first kappa shape index (κ1) is 16.8. The standard InChI is InChI=1S/C20H20N2O3/c1-3-22-17-12-16(9-10-18(17)25-13-20(22)24)21-19(23)11-8-15-6-4-14(2)5-7-15/h4-12H,3,13H2,1-2H3,(H,21,23)/b11-8+. The van der Waals surface area contributed by atoms with Gasteiger partial charge in [-0.2, -0.15) is 0 Å². The third-order valence-electron chi connectivity index (χ3n) is 3.99. The van der Waals surface area contributed by atoms with Crippen molar-refractivity contribution >= 4 is 29.3 Å². The number of benzene rings is 2. The molecule has 0 aromatic heterocycles. The average Bonchev–Trinajstić information content (AvgIpc) is 2.61. The second-order valence-electron chi connectivity index (χ2n) is 5.84. The Morgan fingerprint density at radius 3 is 2.72 bits per heavy atom. The van der Waals surface area contributed by atoms with Crippen molar-refractivity contribution in [2.45, 2.75) is 13.8 Å².